The van der Waals surface area contributed by atoms with E-state index in [2.05, 4.69) is 10.3 Å². The first kappa shape index (κ1) is 15.4. The Labute approximate surface area is 119 Å². The molecule has 0 bridgehead atoms. The third-order valence-electron chi connectivity index (χ3n) is 3.75. The molecule has 2 unspecified atom stereocenters. The van der Waals surface area contributed by atoms with Crippen molar-refractivity contribution in [3.63, 3.8) is 0 Å². The molecule has 1 aliphatic rings. The monoisotopic (exact) mass is 300 g/mol. The topological polar surface area (TPSA) is 59.1 Å². The minimum atomic E-state index is -3.17. The van der Waals surface area contributed by atoms with Crippen LogP contribution in [0.15, 0.2) is 18.5 Å². The number of hydrogen-bond donors (Lipinski definition) is 1. The Hall–Kier alpha value is -1.01. The lowest BCUT2D eigenvalue weighted by Gasteiger charge is -2.31. The smallest absolute Gasteiger partial charge is 0.155 e. The summed E-state index contributed by atoms with van der Waals surface area (Å²) < 4.78 is 38.6. The van der Waals surface area contributed by atoms with Gasteiger partial charge in [0.2, 0.25) is 0 Å². The molecule has 0 saturated carbocycles. The van der Waals surface area contributed by atoms with Gasteiger partial charge in [-0.1, -0.05) is 13.3 Å². The Morgan fingerprint density at radius 1 is 1.50 bits per heavy atom. The predicted octanol–water partition coefficient (Wildman–Crippen LogP) is 2.23. The molecule has 6 heteroatoms. The van der Waals surface area contributed by atoms with E-state index in [1.165, 1.54) is 6.20 Å². The largest absolute Gasteiger partial charge is 0.309 e. The van der Waals surface area contributed by atoms with Gasteiger partial charge in [0.05, 0.1) is 23.2 Å². The van der Waals surface area contributed by atoms with Crippen molar-refractivity contribution >= 4 is 9.84 Å². The molecule has 20 heavy (non-hydrogen) atoms. The van der Waals surface area contributed by atoms with E-state index in [1.54, 1.807) is 6.07 Å². The summed E-state index contributed by atoms with van der Waals surface area (Å²) in [6, 6.07) is 1.09. The minimum Gasteiger partial charge on any atom is -0.309 e. The lowest BCUT2D eigenvalue weighted by atomic mass is 9.99. The molecule has 112 valence electrons. The van der Waals surface area contributed by atoms with Crippen LogP contribution in [0.4, 0.5) is 4.39 Å². The van der Waals surface area contributed by atoms with Crippen molar-refractivity contribution in [1.29, 1.82) is 0 Å². The highest BCUT2D eigenvalue weighted by Gasteiger charge is 2.37. The van der Waals surface area contributed by atoms with Crippen molar-refractivity contribution in [2.24, 2.45) is 0 Å². The first-order valence-corrected chi connectivity index (χ1v) is 8.82. The first-order chi connectivity index (χ1) is 9.56. The van der Waals surface area contributed by atoms with Crippen LogP contribution in [0.25, 0.3) is 0 Å². The molecule has 0 aliphatic carbocycles. The number of nitrogens with zero attached hydrogens (tertiary/aromatic N) is 1. The molecule has 0 amide bonds. The molecular formula is C14H21FN2O2S. The molecule has 4 nitrogen and oxygen atoms in total. The minimum absolute atomic E-state index is 0.203. The highest BCUT2D eigenvalue weighted by Crippen LogP contribution is 2.31. The SMILES string of the molecule is CCCNC(c1ccncc1F)C1CCCCS1(=O)=O. The van der Waals surface area contributed by atoms with Crippen LogP contribution in [0.2, 0.25) is 0 Å². The Balaban J connectivity index is 2.34. The molecule has 0 aromatic carbocycles. The second-order valence-corrected chi connectivity index (χ2v) is 7.57. The highest BCUT2D eigenvalue weighted by atomic mass is 32.2. The number of hydrogen-bond acceptors (Lipinski definition) is 4. The summed E-state index contributed by atoms with van der Waals surface area (Å²) in [5.74, 6) is -0.240. The van der Waals surface area contributed by atoms with Gasteiger partial charge in [-0.15, -0.1) is 0 Å². The summed E-state index contributed by atoms with van der Waals surface area (Å²) >= 11 is 0. The van der Waals surface area contributed by atoms with E-state index in [4.69, 9.17) is 0 Å². The van der Waals surface area contributed by atoms with Crippen molar-refractivity contribution < 1.29 is 12.8 Å². The molecular weight excluding hydrogens is 279 g/mol. The number of nitrogens with one attached hydrogen (secondary N) is 1. The van der Waals surface area contributed by atoms with E-state index in [9.17, 15) is 12.8 Å². The molecule has 1 aromatic rings. The first-order valence-electron chi connectivity index (χ1n) is 7.10. The Kier molecular flexibility index (Phi) is 5.10. The molecule has 1 aliphatic heterocycles. The van der Waals surface area contributed by atoms with Gasteiger partial charge in [-0.05, 0) is 31.9 Å². The molecule has 1 fully saturated rings. The van der Waals surface area contributed by atoms with Crippen molar-refractivity contribution in [3.8, 4) is 0 Å². The fourth-order valence-corrected chi connectivity index (χ4v) is 4.83. The number of rotatable bonds is 5. The van der Waals surface area contributed by atoms with Gasteiger partial charge < -0.3 is 5.32 Å². The molecule has 2 heterocycles. The van der Waals surface area contributed by atoms with Gasteiger partial charge in [-0.25, -0.2) is 12.8 Å². The fourth-order valence-electron chi connectivity index (χ4n) is 2.73. The summed E-state index contributed by atoms with van der Waals surface area (Å²) in [6.07, 6.45) is 5.69. The third-order valence-corrected chi connectivity index (χ3v) is 6.04. The van der Waals surface area contributed by atoms with Crippen molar-refractivity contribution in [1.82, 2.24) is 10.3 Å². The van der Waals surface area contributed by atoms with Crippen molar-refractivity contribution in [2.45, 2.75) is 43.9 Å². The standard InChI is InChI=1S/C14H21FN2O2S/c1-2-7-17-14(11-6-8-16-10-12(11)15)13-5-3-4-9-20(13,18)19/h6,8,10,13-14,17H,2-5,7,9H2,1H3. The number of halogens is 1. The van der Waals surface area contributed by atoms with E-state index in [-0.39, 0.29) is 5.75 Å². The average molecular weight is 300 g/mol. The molecule has 1 aromatic heterocycles. The molecule has 0 spiro atoms. The molecule has 1 N–H and O–H groups in total. The van der Waals surface area contributed by atoms with Crippen LogP contribution in [0, 0.1) is 5.82 Å². The summed E-state index contributed by atoms with van der Waals surface area (Å²) in [7, 11) is -3.17. The zero-order chi connectivity index (χ0) is 14.6. The lowest BCUT2D eigenvalue weighted by molar-refractivity contribution is 0.432. The van der Waals surface area contributed by atoms with Crippen molar-refractivity contribution in [3.05, 3.63) is 29.8 Å². The van der Waals surface area contributed by atoms with Crippen LogP contribution >= 0.6 is 0 Å². The fraction of sp³-hybridized carbons (Fsp3) is 0.643. The maximum atomic E-state index is 14.0. The van der Waals surface area contributed by atoms with Crippen LogP contribution in [-0.2, 0) is 9.84 Å². The normalized spacial score (nSPS) is 23.4. The summed E-state index contributed by atoms with van der Waals surface area (Å²) in [4.78, 5) is 3.74. The van der Waals surface area contributed by atoms with Gasteiger partial charge in [0.25, 0.3) is 0 Å². The summed E-state index contributed by atoms with van der Waals surface area (Å²) in [6.45, 7) is 2.67. The van der Waals surface area contributed by atoms with Crippen LogP contribution in [0.3, 0.4) is 0 Å². The quantitative estimate of drug-likeness (QED) is 0.906. The van der Waals surface area contributed by atoms with Crippen LogP contribution in [0.1, 0.15) is 44.2 Å². The van der Waals surface area contributed by atoms with E-state index in [0.29, 0.717) is 24.9 Å². The predicted molar refractivity (Wildman–Crippen MR) is 76.7 cm³/mol. The average Bonchev–Trinajstić information content (AvgIpc) is 2.42. The third kappa shape index (κ3) is 3.35. The second-order valence-electron chi connectivity index (χ2n) is 5.23. The Morgan fingerprint density at radius 3 is 2.95 bits per heavy atom. The van der Waals surface area contributed by atoms with E-state index in [1.807, 2.05) is 6.92 Å². The van der Waals surface area contributed by atoms with Gasteiger partial charge in [0, 0.05) is 11.8 Å². The highest BCUT2D eigenvalue weighted by molar-refractivity contribution is 7.92. The summed E-state index contributed by atoms with van der Waals surface area (Å²) in [5, 5.41) is 2.66. The Bertz CT molecular complexity index is 548. The number of aromatic nitrogens is 1. The van der Waals surface area contributed by atoms with E-state index >= 15 is 0 Å². The number of sulfone groups is 1. The molecule has 0 radical (unpaired) electrons. The van der Waals surface area contributed by atoms with Gasteiger partial charge in [0.1, 0.15) is 5.82 Å². The zero-order valence-electron chi connectivity index (χ0n) is 11.7. The second kappa shape index (κ2) is 6.63. The van der Waals surface area contributed by atoms with Crippen LogP contribution in [-0.4, -0.2) is 30.9 Å². The van der Waals surface area contributed by atoms with Gasteiger partial charge in [0.15, 0.2) is 9.84 Å². The molecule has 1 saturated heterocycles. The Morgan fingerprint density at radius 2 is 2.30 bits per heavy atom. The maximum absolute atomic E-state index is 14.0. The lowest BCUT2D eigenvalue weighted by Crippen LogP contribution is -2.41. The number of pyridine rings is 1. The zero-order valence-corrected chi connectivity index (χ0v) is 12.5. The van der Waals surface area contributed by atoms with E-state index in [0.717, 1.165) is 19.0 Å². The maximum Gasteiger partial charge on any atom is 0.155 e. The van der Waals surface area contributed by atoms with Crippen molar-refractivity contribution in [2.75, 3.05) is 12.3 Å². The van der Waals surface area contributed by atoms with Crippen LogP contribution < -0.4 is 5.32 Å². The molecule has 2 atom stereocenters. The van der Waals surface area contributed by atoms with Gasteiger partial charge in [-0.3, -0.25) is 4.98 Å². The summed E-state index contributed by atoms with van der Waals surface area (Å²) in [5.41, 5.74) is 0.406. The van der Waals surface area contributed by atoms with Gasteiger partial charge >= 0.3 is 0 Å². The molecule has 2 rings (SSSR count). The van der Waals surface area contributed by atoms with Gasteiger partial charge in [-0.2, -0.15) is 0 Å². The van der Waals surface area contributed by atoms with E-state index < -0.39 is 26.9 Å². The van der Waals surface area contributed by atoms with Crippen LogP contribution in [0.5, 0.6) is 0 Å².